The lowest BCUT2D eigenvalue weighted by Crippen LogP contribution is -2.42. The molecule has 0 saturated carbocycles. The lowest BCUT2D eigenvalue weighted by molar-refractivity contribution is -0.384. The molecule has 2 aromatic rings. The molecular weight excluding hydrogens is 408 g/mol. The maximum atomic E-state index is 12.3. The van der Waals surface area contributed by atoms with Gasteiger partial charge in [-0.1, -0.05) is 22.0 Å². The monoisotopic (exact) mass is 422 g/mol. The first-order valence-electron chi connectivity index (χ1n) is 7.42. The lowest BCUT2D eigenvalue weighted by Gasteiger charge is -2.16. The van der Waals surface area contributed by atoms with E-state index >= 15 is 0 Å². The van der Waals surface area contributed by atoms with E-state index < -0.39 is 22.8 Å². The maximum absolute atomic E-state index is 12.3. The predicted molar refractivity (Wildman–Crippen MR) is 96.4 cm³/mol. The van der Waals surface area contributed by atoms with Gasteiger partial charge in [0, 0.05) is 34.2 Å². The van der Waals surface area contributed by atoms with Crippen molar-refractivity contribution >= 4 is 33.5 Å². The third-order valence-corrected chi connectivity index (χ3v) is 4.08. The minimum absolute atomic E-state index is 0.167. The Morgan fingerprint density at radius 2 is 2.04 bits per heavy atom. The molecule has 1 amide bonds. The summed E-state index contributed by atoms with van der Waals surface area (Å²) in [4.78, 5) is 34.2. The van der Waals surface area contributed by atoms with Crippen LogP contribution in [0.15, 0.2) is 46.9 Å². The summed E-state index contributed by atoms with van der Waals surface area (Å²) in [6, 6.07) is 9.10. The van der Waals surface area contributed by atoms with Crippen LogP contribution in [-0.2, 0) is 11.2 Å². The summed E-state index contributed by atoms with van der Waals surface area (Å²) in [5, 5.41) is 22.8. The number of nitrogens with one attached hydrogen (secondary N) is 1. The van der Waals surface area contributed by atoms with E-state index in [0.29, 0.717) is 15.8 Å². The Kier molecular flexibility index (Phi) is 6.29. The molecule has 0 aliphatic rings. The Bertz CT molecular complexity index is 855. The molecule has 0 spiro atoms. The van der Waals surface area contributed by atoms with Crippen molar-refractivity contribution < 1.29 is 24.4 Å². The summed E-state index contributed by atoms with van der Waals surface area (Å²) in [6.45, 7) is 0. The van der Waals surface area contributed by atoms with Gasteiger partial charge in [-0.3, -0.25) is 14.9 Å². The van der Waals surface area contributed by atoms with Gasteiger partial charge in [-0.05, 0) is 24.3 Å². The molecule has 0 unspecified atom stereocenters. The fraction of sp³-hybridized carbons (Fsp3) is 0.176. The number of ether oxygens (including phenoxy) is 1. The van der Waals surface area contributed by atoms with Gasteiger partial charge in [0.05, 0.1) is 12.0 Å². The second-order valence-corrected chi connectivity index (χ2v) is 6.25. The highest BCUT2D eigenvalue weighted by Crippen LogP contribution is 2.25. The molecule has 2 N–H and O–H groups in total. The fourth-order valence-corrected chi connectivity index (χ4v) is 2.73. The van der Waals surface area contributed by atoms with Crippen LogP contribution in [0.4, 0.5) is 5.69 Å². The van der Waals surface area contributed by atoms with Gasteiger partial charge < -0.3 is 15.2 Å². The summed E-state index contributed by atoms with van der Waals surface area (Å²) in [5.74, 6) is -1.52. The van der Waals surface area contributed by atoms with Crippen molar-refractivity contribution in [3.8, 4) is 5.75 Å². The summed E-state index contributed by atoms with van der Waals surface area (Å²) in [6.07, 6.45) is -0.167. The molecule has 26 heavy (non-hydrogen) atoms. The van der Waals surface area contributed by atoms with Crippen LogP contribution in [0.3, 0.4) is 0 Å². The van der Waals surface area contributed by atoms with E-state index in [1.54, 1.807) is 24.3 Å². The third kappa shape index (κ3) is 4.79. The van der Waals surface area contributed by atoms with Crippen LogP contribution in [0, 0.1) is 10.1 Å². The quantitative estimate of drug-likeness (QED) is 0.522. The van der Waals surface area contributed by atoms with Gasteiger partial charge >= 0.3 is 5.97 Å². The highest BCUT2D eigenvalue weighted by atomic mass is 79.9. The Morgan fingerprint density at radius 3 is 2.62 bits per heavy atom. The first-order chi connectivity index (χ1) is 12.3. The van der Waals surface area contributed by atoms with Crippen molar-refractivity contribution in [2.75, 3.05) is 7.11 Å². The second-order valence-electron chi connectivity index (χ2n) is 5.33. The van der Waals surface area contributed by atoms with Crippen LogP contribution in [0.25, 0.3) is 0 Å². The normalized spacial score (nSPS) is 11.5. The number of methoxy groups -OCH3 is 1. The first kappa shape index (κ1) is 19.4. The van der Waals surface area contributed by atoms with Crippen molar-refractivity contribution in [1.29, 1.82) is 0 Å². The number of aliphatic carboxylic acids is 1. The number of amides is 1. The molecule has 0 bridgehead atoms. The highest BCUT2D eigenvalue weighted by molar-refractivity contribution is 9.10. The molecule has 0 heterocycles. The van der Waals surface area contributed by atoms with Gasteiger partial charge in [-0.25, -0.2) is 4.79 Å². The summed E-state index contributed by atoms with van der Waals surface area (Å²) in [7, 11) is 1.38. The fourth-order valence-electron chi connectivity index (χ4n) is 2.33. The van der Waals surface area contributed by atoms with E-state index in [-0.39, 0.29) is 17.7 Å². The van der Waals surface area contributed by atoms with Crippen LogP contribution in [-0.4, -0.2) is 35.1 Å². The largest absolute Gasteiger partial charge is 0.496 e. The van der Waals surface area contributed by atoms with Gasteiger partial charge in [0.15, 0.2) is 0 Å². The molecule has 1 atom stereocenters. The zero-order chi connectivity index (χ0) is 19.3. The number of carbonyl (C=O) groups is 2. The smallest absolute Gasteiger partial charge is 0.326 e. The molecule has 0 aliphatic heterocycles. The van der Waals surface area contributed by atoms with E-state index in [1.807, 2.05) is 0 Å². The predicted octanol–water partition coefficient (Wildman–Crippen LogP) is 2.79. The van der Waals surface area contributed by atoms with E-state index in [0.717, 1.165) is 0 Å². The van der Waals surface area contributed by atoms with Gasteiger partial charge in [-0.2, -0.15) is 0 Å². The van der Waals surface area contributed by atoms with Gasteiger partial charge in [0.1, 0.15) is 11.8 Å². The van der Waals surface area contributed by atoms with Crippen LogP contribution in [0.2, 0.25) is 0 Å². The number of benzene rings is 2. The molecule has 8 nitrogen and oxygen atoms in total. The van der Waals surface area contributed by atoms with Crippen LogP contribution >= 0.6 is 15.9 Å². The average Bonchev–Trinajstić information content (AvgIpc) is 2.60. The minimum atomic E-state index is -1.28. The molecule has 2 rings (SSSR count). The van der Waals surface area contributed by atoms with E-state index in [2.05, 4.69) is 21.2 Å². The molecule has 0 saturated heterocycles. The van der Waals surface area contributed by atoms with Crippen molar-refractivity contribution in [1.82, 2.24) is 5.32 Å². The molecule has 0 fully saturated rings. The molecule has 9 heteroatoms. The number of hydrogen-bond acceptors (Lipinski definition) is 5. The number of halogens is 1. The number of hydrogen-bond donors (Lipinski definition) is 2. The molecule has 0 aliphatic carbocycles. The Labute approximate surface area is 157 Å². The number of nitro groups is 1. The van der Waals surface area contributed by atoms with Gasteiger partial charge in [0.25, 0.3) is 11.6 Å². The van der Waals surface area contributed by atoms with Crippen molar-refractivity contribution in [3.63, 3.8) is 0 Å². The topological polar surface area (TPSA) is 119 Å². The minimum Gasteiger partial charge on any atom is -0.496 e. The molecule has 0 radical (unpaired) electrons. The number of carboxylic acid groups (broad SMARTS) is 1. The first-order valence-corrected chi connectivity index (χ1v) is 8.21. The van der Waals surface area contributed by atoms with Crippen LogP contribution in [0.5, 0.6) is 5.75 Å². The summed E-state index contributed by atoms with van der Waals surface area (Å²) < 4.78 is 5.81. The second kappa shape index (κ2) is 8.43. The van der Waals surface area contributed by atoms with E-state index in [1.165, 1.54) is 25.3 Å². The number of non-ortho nitro benzene ring substituents is 1. The standard InChI is InChI=1S/C17H15BrN2O6/c1-26-15-6-5-13(20(24)25)8-11(15)9-14(17(22)23)19-16(21)10-3-2-4-12(18)7-10/h2-8,14H,9H2,1H3,(H,19,21)(H,22,23)/t14-/m0/s1. The van der Waals surface area contributed by atoms with E-state index in [9.17, 15) is 24.8 Å². The van der Waals surface area contributed by atoms with Crippen LogP contribution in [0.1, 0.15) is 15.9 Å². The number of nitrogens with zero attached hydrogens (tertiary/aromatic N) is 1. The average molecular weight is 423 g/mol. The Hall–Kier alpha value is -2.94. The summed E-state index contributed by atoms with van der Waals surface area (Å²) >= 11 is 3.24. The van der Waals surface area contributed by atoms with E-state index in [4.69, 9.17) is 4.74 Å². The number of nitro benzene ring substituents is 1. The maximum Gasteiger partial charge on any atom is 0.326 e. The number of carboxylic acids is 1. The molecular formula is C17H15BrN2O6. The summed E-state index contributed by atoms with van der Waals surface area (Å²) in [5.41, 5.74) is 0.406. The van der Waals surface area contributed by atoms with Gasteiger partial charge in [-0.15, -0.1) is 0 Å². The van der Waals surface area contributed by atoms with Crippen molar-refractivity contribution in [2.45, 2.75) is 12.5 Å². The molecule has 2 aromatic carbocycles. The molecule has 0 aromatic heterocycles. The Balaban J connectivity index is 2.26. The lowest BCUT2D eigenvalue weighted by atomic mass is 10.0. The number of rotatable bonds is 7. The molecule has 136 valence electrons. The van der Waals surface area contributed by atoms with Crippen molar-refractivity contribution in [3.05, 3.63) is 68.2 Å². The zero-order valence-electron chi connectivity index (χ0n) is 13.6. The third-order valence-electron chi connectivity index (χ3n) is 3.59. The highest BCUT2D eigenvalue weighted by Gasteiger charge is 2.24. The zero-order valence-corrected chi connectivity index (χ0v) is 15.2. The van der Waals surface area contributed by atoms with Crippen LogP contribution < -0.4 is 10.1 Å². The number of carbonyl (C=O) groups excluding carboxylic acids is 1. The Morgan fingerprint density at radius 1 is 1.31 bits per heavy atom. The van der Waals surface area contributed by atoms with Gasteiger partial charge in [0.2, 0.25) is 0 Å². The van der Waals surface area contributed by atoms with Crippen molar-refractivity contribution in [2.24, 2.45) is 0 Å². The SMILES string of the molecule is COc1ccc([N+](=O)[O-])cc1C[C@H](NC(=O)c1cccc(Br)c1)C(=O)O.